The van der Waals surface area contributed by atoms with Crippen LogP contribution in [0.2, 0.25) is 0 Å². The summed E-state index contributed by atoms with van der Waals surface area (Å²) in [6.07, 6.45) is 7.86. The second kappa shape index (κ2) is 7.41. The molecule has 1 amide bonds. The van der Waals surface area contributed by atoms with E-state index in [0.717, 1.165) is 71.4 Å². The predicted octanol–water partition coefficient (Wildman–Crippen LogP) is 1.84. The van der Waals surface area contributed by atoms with Crippen LogP contribution in [0.25, 0.3) is 0 Å². The molecule has 4 nitrogen and oxygen atoms in total. The number of carbonyl (C=O) groups is 1. The van der Waals surface area contributed by atoms with Gasteiger partial charge in [0.25, 0.3) is 0 Å². The molecular formula is C16H31N3O. The molecule has 2 rings (SSSR count). The van der Waals surface area contributed by atoms with Crippen LogP contribution in [0.1, 0.15) is 51.9 Å². The first-order valence-electron chi connectivity index (χ1n) is 8.43. The molecule has 1 aliphatic heterocycles. The van der Waals surface area contributed by atoms with Gasteiger partial charge >= 0.3 is 0 Å². The smallest absolute Gasteiger partial charge is 0.228 e. The van der Waals surface area contributed by atoms with Crippen molar-refractivity contribution in [2.45, 2.75) is 51.9 Å². The average molecular weight is 281 g/mol. The number of nitrogens with two attached hydrogens (primary N) is 1. The average Bonchev–Trinajstić information content (AvgIpc) is 2.84. The number of rotatable bonds is 5. The Morgan fingerprint density at radius 1 is 1.10 bits per heavy atom. The maximum atomic E-state index is 12.9. The van der Waals surface area contributed by atoms with Crippen molar-refractivity contribution in [3.8, 4) is 0 Å². The van der Waals surface area contributed by atoms with Crippen LogP contribution in [0, 0.1) is 5.41 Å². The number of hydrogen-bond donors (Lipinski definition) is 1. The van der Waals surface area contributed by atoms with Crippen molar-refractivity contribution in [2.75, 3.05) is 39.3 Å². The summed E-state index contributed by atoms with van der Waals surface area (Å²) < 4.78 is 0. The largest absolute Gasteiger partial charge is 0.341 e. The fraction of sp³-hybridized carbons (Fsp3) is 0.938. The van der Waals surface area contributed by atoms with Gasteiger partial charge in [0.15, 0.2) is 0 Å². The number of amides is 1. The van der Waals surface area contributed by atoms with Crippen LogP contribution >= 0.6 is 0 Å². The molecule has 0 aromatic rings. The first kappa shape index (κ1) is 15.8. The Bertz CT molecular complexity index is 313. The molecule has 20 heavy (non-hydrogen) atoms. The zero-order valence-corrected chi connectivity index (χ0v) is 13.1. The molecule has 0 aromatic carbocycles. The molecule has 2 aliphatic rings. The summed E-state index contributed by atoms with van der Waals surface area (Å²) in [4.78, 5) is 17.5. The van der Waals surface area contributed by atoms with Gasteiger partial charge in [0, 0.05) is 25.0 Å². The van der Waals surface area contributed by atoms with Crippen molar-refractivity contribution < 1.29 is 4.79 Å². The molecular weight excluding hydrogens is 250 g/mol. The molecule has 1 aliphatic carbocycles. The quantitative estimate of drug-likeness (QED) is 0.836. The summed E-state index contributed by atoms with van der Waals surface area (Å²) in [5.74, 6) is 0.443. The van der Waals surface area contributed by atoms with Crippen LogP contribution < -0.4 is 5.73 Å². The van der Waals surface area contributed by atoms with E-state index < -0.39 is 0 Å². The molecule has 2 fully saturated rings. The summed E-state index contributed by atoms with van der Waals surface area (Å²) >= 11 is 0. The van der Waals surface area contributed by atoms with E-state index in [1.165, 1.54) is 12.8 Å². The Labute approximate surface area is 123 Å². The monoisotopic (exact) mass is 281 g/mol. The van der Waals surface area contributed by atoms with E-state index in [0.29, 0.717) is 5.91 Å². The van der Waals surface area contributed by atoms with E-state index in [4.69, 9.17) is 5.73 Å². The molecule has 1 saturated carbocycles. The summed E-state index contributed by atoms with van der Waals surface area (Å²) in [5, 5.41) is 0. The minimum atomic E-state index is -0.0214. The maximum Gasteiger partial charge on any atom is 0.228 e. The highest BCUT2D eigenvalue weighted by Crippen LogP contribution is 2.42. The van der Waals surface area contributed by atoms with Crippen LogP contribution in [0.3, 0.4) is 0 Å². The first-order valence-corrected chi connectivity index (χ1v) is 8.43. The number of hydrogen-bond acceptors (Lipinski definition) is 3. The molecule has 2 N–H and O–H groups in total. The van der Waals surface area contributed by atoms with Gasteiger partial charge in [0.1, 0.15) is 0 Å². The lowest BCUT2D eigenvalue weighted by Gasteiger charge is -2.33. The van der Waals surface area contributed by atoms with Gasteiger partial charge in [-0.15, -0.1) is 0 Å². The van der Waals surface area contributed by atoms with E-state index in [-0.39, 0.29) is 5.41 Å². The van der Waals surface area contributed by atoms with Crippen molar-refractivity contribution >= 4 is 5.91 Å². The van der Waals surface area contributed by atoms with E-state index in [9.17, 15) is 4.79 Å². The van der Waals surface area contributed by atoms with E-state index in [1.807, 2.05) is 0 Å². The Morgan fingerprint density at radius 3 is 2.50 bits per heavy atom. The lowest BCUT2D eigenvalue weighted by Crippen LogP contribution is -2.44. The van der Waals surface area contributed by atoms with Crippen molar-refractivity contribution in [1.82, 2.24) is 9.80 Å². The van der Waals surface area contributed by atoms with Gasteiger partial charge in [-0.25, -0.2) is 0 Å². The van der Waals surface area contributed by atoms with Gasteiger partial charge in [0.2, 0.25) is 5.91 Å². The number of carbonyl (C=O) groups excluding carboxylic acids is 1. The summed E-state index contributed by atoms with van der Waals surface area (Å²) in [5.41, 5.74) is 5.57. The highest BCUT2D eigenvalue weighted by atomic mass is 16.2. The van der Waals surface area contributed by atoms with Crippen LogP contribution in [-0.4, -0.2) is 55.0 Å². The van der Waals surface area contributed by atoms with E-state index in [1.54, 1.807) is 0 Å². The zero-order chi connectivity index (χ0) is 14.4. The van der Waals surface area contributed by atoms with E-state index in [2.05, 4.69) is 16.7 Å². The summed E-state index contributed by atoms with van der Waals surface area (Å²) in [6.45, 7) is 8.02. The lowest BCUT2D eigenvalue weighted by atomic mass is 9.82. The Morgan fingerprint density at radius 2 is 1.85 bits per heavy atom. The molecule has 0 radical (unpaired) electrons. The summed E-state index contributed by atoms with van der Waals surface area (Å²) in [6, 6.07) is 0. The van der Waals surface area contributed by atoms with Crippen LogP contribution in [-0.2, 0) is 4.79 Å². The van der Waals surface area contributed by atoms with Crippen molar-refractivity contribution in [2.24, 2.45) is 11.1 Å². The third-order valence-corrected chi connectivity index (χ3v) is 5.25. The second-order valence-corrected chi connectivity index (χ2v) is 6.47. The highest BCUT2D eigenvalue weighted by molar-refractivity contribution is 5.83. The predicted molar refractivity (Wildman–Crippen MR) is 82.5 cm³/mol. The first-order chi connectivity index (χ1) is 9.72. The second-order valence-electron chi connectivity index (χ2n) is 6.47. The minimum absolute atomic E-state index is 0.0214. The molecule has 0 aromatic heterocycles. The van der Waals surface area contributed by atoms with E-state index >= 15 is 0 Å². The fourth-order valence-corrected chi connectivity index (χ4v) is 3.82. The Balaban J connectivity index is 1.91. The van der Waals surface area contributed by atoms with Gasteiger partial charge in [0.05, 0.1) is 0 Å². The molecule has 0 bridgehead atoms. The number of nitrogens with zero attached hydrogens (tertiary/aromatic N) is 2. The fourth-order valence-electron chi connectivity index (χ4n) is 3.82. The standard InChI is InChI=1S/C16H31N3O/c1-2-16(7-3-4-8-16)15(20)19-12-6-11-18(13-14-19)10-5-9-17/h2-14,17H2,1H3. The third kappa shape index (κ3) is 3.53. The molecule has 0 unspecified atom stereocenters. The molecule has 4 heteroatoms. The maximum absolute atomic E-state index is 12.9. The molecule has 116 valence electrons. The van der Waals surface area contributed by atoms with Gasteiger partial charge in [-0.1, -0.05) is 19.8 Å². The van der Waals surface area contributed by atoms with Gasteiger partial charge in [-0.05, 0) is 51.7 Å². The molecule has 1 saturated heterocycles. The SMILES string of the molecule is CCC1(C(=O)N2CCCN(CCCN)CC2)CCCC1. The molecule has 1 heterocycles. The van der Waals surface area contributed by atoms with Crippen molar-refractivity contribution in [1.29, 1.82) is 0 Å². The summed E-state index contributed by atoms with van der Waals surface area (Å²) in [7, 11) is 0. The molecule has 0 spiro atoms. The van der Waals surface area contributed by atoms with Crippen LogP contribution in [0.5, 0.6) is 0 Å². The van der Waals surface area contributed by atoms with Gasteiger partial charge < -0.3 is 15.5 Å². The van der Waals surface area contributed by atoms with Crippen molar-refractivity contribution in [3.05, 3.63) is 0 Å². The van der Waals surface area contributed by atoms with Crippen LogP contribution in [0.4, 0.5) is 0 Å². The molecule has 0 atom stereocenters. The van der Waals surface area contributed by atoms with Crippen molar-refractivity contribution in [3.63, 3.8) is 0 Å². The third-order valence-electron chi connectivity index (χ3n) is 5.25. The Kier molecular flexibility index (Phi) is 5.85. The topological polar surface area (TPSA) is 49.6 Å². The van der Waals surface area contributed by atoms with Gasteiger partial charge in [-0.2, -0.15) is 0 Å². The minimum Gasteiger partial charge on any atom is -0.341 e. The van der Waals surface area contributed by atoms with Gasteiger partial charge in [-0.3, -0.25) is 4.79 Å². The lowest BCUT2D eigenvalue weighted by molar-refractivity contribution is -0.142. The normalized spacial score (nSPS) is 23.8. The van der Waals surface area contributed by atoms with Crippen LogP contribution in [0.15, 0.2) is 0 Å². The highest BCUT2D eigenvalue weighted by Gasteiger charge is 2.41. The zero-order valence-electron chi connectivity index (χ0n) is 13.1. The Hall–Kier alpha value is -0.610.